The van der Waals surface area contributed by atoms with Crippen LogP contribution in [0.2, 0.25) is 0 Å². The summed E-state index contributed by atoms with van der Waals surface area (Å²) in [7, 11) is 0. The van der Waals surface area contributed by atoms with Gasteiger partial charge in [-0.05, 0) is 36.8 Å². The Kier molecular flexibility index (Phi) is 29.4. The van der Waals surface area contributed by atoms with Crippen LogP contribution in [0.1, 0.15) is 67.8 Å². The standard InChI is InChI=1S/C41H62F3NO12/c1-2-3-4-5-6-7-15-39(46)56-32-30-54-28-26-52-24-22-50-20-18-48-16-17-49-19-21-51-23-25-53-27-29-55-31-33-57-40(47)37-13-8-9-14-38(37)45-36-12-10-11-35(34-36)41(42,43)44/h8-14,34,45H,2-7,15-33H2,1H3. The second-order valence-corrected chi connectivity index (χ2v) is 12.5. The molecule has 57 heavy (non-hydrogen) atoms. The summed E-state index contributed by atoms with van der Waals surface area (Å²) >= 11 is 0. The van der Waals surface area contributed by atoms with Crippen molar-refractivity contribution in [1.82, 2.24) is 0 Å². The maximum atomic E-state index is 13.1. The number of ether oxygens (including phenoxy) is 10. The van der Waals surface area contributed by atoms with Crippen LogP contribution in [0.15, 0.2) is 48.5 Å². The van der Waals surface area contributed by atoms with Gasteiger partial charge in [-0.1, -0.05) is 57.2 Å². The largest absolute Gasteiger partial charge is 0.463 e. The van der Waals surface area contributed by atoms with Crippen molar-refractivity contribution < 1.29 is 70.1 Å². The van der Waals surface area contributed by atoms with Crippen LogP contribution < -0.4 is 5.32 Å². The lowest BCUT2D eigenvalue weighted by Crippen LogP contribution is -2.16. The minimum absolute atomic E-state index is 0.00533. The number of hydrogen-bond donors (Lipinski definition) is 1. The van der Waals surface area contributed by atoms with Crippen molar-refractivity contribution in [2.24, 2.45) is 0 Å². The second-order valence-electron chi connectivity index (χ2n) is 12.5. The first-order valence-corrected chi connectivity index (χ1v) is 19.8. The fraction of sp³-hybridized carbons (Fsp3) is 0.659. The molecule has 0 atom stereocenters. The molecule has 0 aliphatic rings. The zero-order valence-electron chi connectivity index (χ0n) is 33.3. The van der Waals surface area contributed by atoms with Gasteiger partial charge in [0.1, 0.15) is 13.2 Å². The molecule has 0 heterocycles. The molecule has 0 saturated heterocycles. The van der Waals surface area contributed by atoms with Crippen LogP contribution in [0.5, 0.6) is 0 Å². The summed E-state index contributed by atoms with van der Waals surface area (Å²) in [5.41, 5.74) is -0.0995. The van der Waals surface area contributed by atoms with E-state index in [2.05, 4.69) is 12.2 Å². The van der Waals surface area contributed by atoms with Crippen LogP contribution >= 0.6 is 0 Å². The van der Waals surface area contributed by atoms with E-state index in [1.54, 1.807) is 18.2 Å². The summed E-state index contributed by atoms with van der Waals surface area (Å²) in [6.07, 6.45) is 2.83. The molecule has 324 valence electrons. The van der Waals surface area contributed by atoms with Crippen LogP contribution in [-0.4, -0.2) is 131 Å². The first-order chi connectivity index (χ1) is 27.8. The normalized spacial score (nSPS) is 11.5. The van der Waals surface area contributed by atoms with Gasteiger partial charge in [0.2, 0.25) is 0 Å². The number of alkyl halides is 3. The molecular formula is C41H62F3NO12. The minimum Gasteiger partial charge on any atom is -0.463 e. The fourth-order valence-electron chi connectivity index (χ4n) is 4.95. The van der Waals surface area contributed by atoms with Gasteiger partial charge in [-0.15, -0.1) is 0 Å². The fourth-order valence-corrected chi connectivity index (χ4v) is 4.95. The smallest absolute Gasteiger partial charge is 0.416 e. The second kappa shape index (κ2) is 33.6. The van der Waals surface area contributed by atoms with Crippen LogP contribution in [0.25, 0.3) is 0 Å². The molecule has 0 fully saturated rings. The van der Waals surface area contributed by atoms with Crippen molar-refractivity contribution in [2.45, 2.75) is 58.0 Å². The Morgan fingerprint density at radius 3 is 1.46 bits per heavy atom. The number of benzene rings is 2. The SMILES string of the molecule is CCCCCCCCC(=O)OCCOCCOCCOCCOCCOCCOCCOCCOCCOC(=O)c1ccccc1Nc1cccc(C(F)(F)F)c1. The molecule has 0 amide bonds. The highest BCUT2D eigenvalue weighted by Gasteiger charge is 2.30. The summed E-state index contributed by atoms with van der Waals surface area (Å²) in [5, 5.41) is 2.86. The number of carbonyl (C=O) groups excluding carboxylic acids is 2. The molecule has 1 N–H and O–H groups in total. The highest BCUT2D eigenvalue weighted by Crippen LogP contribution is 2.32. The lowest BCUT2D eigenvalue weighted by atomic mass is 10.1. The van der Waals surface area contributed by atoms with Crippen LogP contribution in [0, 0.1) is 0 Å². The van der Waals surface area contributed by atoms with Crippen LogP contribution in [0.4, 0.5) is 24.5 Å². The Morgan fingerprint density at radius 1 is 0.526 bits per heavy atom. The topological polar surface area (TPSA) is 138 Å². The van der Waals surface area contributed by atoms with E-state index in [1.165, 1.54) is 43.9 Å². The van der Waals surface area contributed by atoms with E-state index in [0.717, 1.165) is 25.0 Å². The van der Waals surface area contributed by atoms with Crippen molar-refractivity contribution in [3.63, 3.8) is 0 Å². The van der Waals surface area contributed by atoms with Gasteiger partial charge in [0.05, 0.1) is 123 Å². The van der Waals surface area contributed by atoms with E-state index >= 15 is 0 Å². The monoisotopic (exact) mass is 817 g/mol. The molecule has 2 aromatic rings. The third-order valence-corrected chi connectivity index (χ3v) is 7.91. The number of anilines is 2. The summed E-state index contributed by atoms with van der Waals surface area (Å²) in [6, 6.07) is 11.1. The van der Waals surface area contributed by atoms with Gasteiger partial charge in [0.15, 0.2) is 0 Å². The summed E-state index contributed by atoms with van der Waals surface area (Å²) in [4.78, 5) is 24.3. The number of carbonyl (C=O) groups is 2. The molecule has 0 bridgehead atoms. The molecule has 16 heteroatoms. The molecule has 0 aromatic heterocycles. The predicted molar refractivity (Wildman–Crippen MR) is 207 cm³/mol. The molecule has 2 rings (SSSR count). The lowest BCUT2D eigenvalue weighted by Gasteiger charge is -2.13. The van der Waals surface area contributed by atoms with E-state index in [9.17, 15) is 22.8 Å². The first-order valence-electron chi connectivity index (χ1n) is 19.8. The average Bonchev–Trinajstić information content (AvgIpc) is 3.20. The van der Waals surface area contributed by atoms with Crippen molar-refractivity contribution in [3.8, 4) is 0 Å². The van der Waals surface area contributed by atoms with E-state index in [-0.39, 0.29) is 37.0 Å². The summed E-state index contributed by atoms with van der Waals surface area (Å²) in [6.45, 7) is 8.79. The molecule has 2 aromatic carbocycles. The molecule has 0 radical (unpaired) electrons. The van der Waals surface area contributed by atoms with Gasteiger partial charge in [-0.25, -0.2) is 4.79 Å². The van der Waals surface area contributed by atoms with Gasteiger partial charge in [-0.2, -0.15) is 13.2 Å². The molecule has 0 unspecified atom stereocenters. The highest BCUT2D eigenvalue weighted by molar-refractivity contribution is 5.96. The number of hydrogen-bond acceptors (Lipinski definition) is 13. The Morgan fingerprint density at radius 2 is 0.965 bits per heavy atom. The maximum Gasteiger partial charge on any atom is 0.416 e. The lowest BCUT2D eigenvalue weighted by molar-refractivity contribution is -0.145. The van der Waals surface area contributed by atoms with Gasteiger partial charge < -0.3 is 52.7 Å². The third kappa shape index (κ3) is 27.1. The Hall–Kier alpha value is -3.35. The highest BCUT2D eigenvalue weighted by atomic mass is 19.4. The zero-order chi connectivity index (χ0) is 41.1. The average molecular weight is 818 g/mol. The quantitative estimate of drug-likeness (QED) is 0.0552. The Balaban J connectivity index is 1.28. The van der Waals surface area contributed by atoms with Gasteiger partial charge in [-0.3, -0.25) is 4.79 Å². The minimum atomic E-state index is -4.48. The number of unbranched alkanes of at least 4 members (excludes halogenated alkanes) is 5. The van der Waals surface area contributed by atoms with Crippen molar-refractivity contribution >= 4 is 23.3 Å². The first kappa shape index (κ1) is 49.8. The van der Waals surface area contributed by atoms with E-state index in [1.807, 2.05) is 0 Å². The molecule has 0 aliphatic carbocycles. The third-order valence-electron chi connectivity index (χ3n) is 7.91. The van der Waals surface area contributed by atoms with Crippen molar-refractivity contribution in [1.29, 1.82) is 0 Å². The Bertz CT molecular complexity index is 1300. The van der Waals surface area contributed by atoms with Crippen molar-refractivity contribution in [3.05, 3.63) is 59.7 Å². The molecule has 0 saturated carbocycles. The van der Waals surface area contributed by atoms with Crippen molar-refractivity contribution in [2.75, 3.05) is 124 Å². The van der Waals surface area contributed by atoms with Gasteiger partial charge in [0, 0.05) is 12.1 Å². The molecule has 13 nitrogen and oxygen atoms in total. The number of nitrogens with one attached hydrogen (secondary N) is 1. The van der Waals surface area contributed by atoms with Crippen LogP contribution in [-0.2, 0) is 58.3 Å². The number of esters is 2. The molecular weight excluding hydrogens is 755 g/mol. The number of halogens is 3. The van der Waals surface area contributed by atoms with Crippen LogP contribution in [0.3, 0.4) is 0 Å². The summed E-state index contributed by atoms with van der Waals surface area (Å²) < 4.78 is 93.3. The maximum absolute atomic E-state index is 13.1. The van der Waals surface area contributed by atoms with E-state index in [4.69, 9.17) is 47.4 Å². The molecule has 0 spiro atoms. The van der Waals surface area contributed by atoms with Gasteiger partial charge in [0.25, 0.3) is 0 Å². The Labute approximate surface area is 335 Å². The number of rotatable bonds is 37. The summed E-state index contributed by atoms with van der Waals surface area (Å²) in [5.74, 6) is -0.793. The predicted octanol–water partition coefficient (Wildman–Crippen LogP) is 7.03. The molecule has 0 aliphatic heterocycles. The number of para-hydroxylation sites is 1. The zero-order valence-corrected chi connectivity index (χ0v) is 33.3. The van der Waals surface area contributed by atoms with E-state index < -0.39 is 17.7 Å². The van der Waals surface area contributed by atoms with E-state index in [0.29, 0.717) is 111 Å². The van der Waals surface area contributed by atoms with Gasteiger partial charge >= 0.3 is 18.1 Å².